The van der Waals surface area contributed by atoms with Crippen molar-refractivity contribution in [1.82, 2.24) is 10.2 Å². The Morgan fingerprint density at radius 1 is 1.41 bits per heavy atom. The summed E-state index contributed by atoms with van der Waals surface area (Å²) in [7, 11) is 0. The average molecular weight is 232 g/mol. The maximum Gasteiger partial charge on any atom is 0.238 e. The van der Waals surface area contributed by atoms with Crippen molar-refractivity contribution >= 4 is 5.91 Å². The topological polar surface area (TPSA) is 32.1 Å². The zero-order valence-electron chi connectivity index (χ0n) is 10.5. The van der Waals surface area contributed by atoms with E-state index < -0.39 is 0 Å². The predicted octanol–water partition coefficient (Wildman–Crippen LogP) is 1.64. The minimum Gasteiger partial charge on any atom is -0.351 e. The molecular weight excluding hydrogens is 212 g/mol. The monoisotopic (exact) mass is 232 g/mol. The molecule has 3 nitrogen and oxygen atoms in total. The van der Waals surface area contributed by atoms with Crippen molar-refractivity contribution in [3.63, 3.8) is 0 Å². The Bertz CT molecular complexity index is 375. The molecular formula is C14H20N2O. The van der Waals surface area contributed by atoms with E-state index in [0.29, 0.717) is 12.5 Å². The molecule has 17 heavy (non-hydrogen) atoms. The maximum absolute atomic E-state index is 11.8. The van der Waals surface area contributed by atoms with E-state index in [2.05, 4.69) is 24.1 Å². The summed E-state index contributed by atoms with van der Waals surface area (Å²) in [5, 5.41) is 2.98. The lowest BCUT2D eigenvalue weighted by atomic mass is 10.2. The highest BCUT2D eigenvalue weighted by Crippen LogP contribution is 2.19. The maximum atomic E-state index is 11.8. The summed E-state index contributed by atoms with van der Waals surface area (Å²) >= 11 is 0. The van der Waals surface area contributed by atoms with Crippen molar-refractivity contribution in [2.45, 2.75) is 26.4 Å². The number of carbonyl (C=O) groups is 1. The van der Waals surface area contributed by atoms with Gasteiger partial charge in [-0.2, -0.15) is 0 Å². The highest BCUT2D eigenvalue weighted by Gasteiger charge is 2.39. The Hall–Kier alpha value is -1.35. The van der Waals surface area contributed by atoms with Gasteiger partial charge in [-0.3, -0.25) is 9.69 Å². The molecule has 1 saturated heterocycles. The predicted molar refractivity (Wildman–Crippen MR) is 68.5 cm³/mol. The molecule has 1 aliphatic heterocycles. The molecule has 1 aromatic rings. The zero-order chi connectivity index (χ0) is 12.3. The van der Waals surface area contributed by atoms with Crippen molar-refractivity contribution < 1.29 is 4.79 Å². The van der Waals surface area contributed by atoms with Crippen molar-refractivity contribution in [3.05, 3.63) is 35.9 Å². The number of benzene rings is 1. The summed E-state index contributed by atoms with van der Waals surface area (Å²) in [6.45, 7) is 6.92. The van der Waals surface area contributed by atoms with E-state index in [1.807, 2.05) is 30.3 Å². The third kappa shape index (κ3) is 3.56. The fourth-order valence-corrected chi connectivity index (χ4v) is 2.00. The molecule has 2 rings (SSSR count). The average Bonchev–Trinajstić information content (AvgIpc) is 3.06. The highest BCUT2D eigenvalue weighted by atomic mass is 16.2. The van der Waals surface area contributed by atoms with Crippen LogP contribution in [0, 0.1) is 5.92 Å². The van der Waals surface area contributed by atoms with Gasteiger partial charge in [0, 0.05) is 19.6 Å². The first kappa shape index (κ1) is 12.1. The third-order valence-corrected chi connectivity index (χ3v) is 2.93. The molecule has 0 saturated carbocycles. The van der Waals surface area contributed by atoms with Crippen LogP contribution in [-0.2, 0) is 11.3 Å². The number of carbonyl (C=O) groups excluding carboxylic acids is 1. The number of rotatable bonds is 5. The van der Waals surface area contributed by atoms with Gasteiger partial charge >= 0.3 is 0 Å². The fraction of sp³-hybridized carbons (Fsp3) is 0.500. The number of amides is 1. The van der Waals surface area contributed by atoms with Gasteiger partial charge in [-0.15, -0.1) is 0 Å². The molecule has 3 heteroatoms. The van der Waals surface area contributed by atoms with Gasteiger partial charge in [0.15, 0.2) is 0 Å². The number of nitrogens with one attached hydrogen (secondary N) is 1. The molecule has 0 bridgehead atoms. The van der Waals surface area contributed by atoms with Crippen LogP contribution in [0.4, 0.5) is 0 Å². The van der Waals surface area contributed by atoms with E-state index in [9.17, 15) is 4.79 Å². The molecule has 0 spiro atoms. The van der Waals surface area contributed by atoms with Crippen LogP contribution in [0.2, 0.25) is 0 Å². The third-order valence-electron chi connectivity index (χ3n) is 2.93. The Balaban J connectivity index is 1.73. The summed E-state index contributed by atoms with van der Waals surface area (Å²) < 4.78 is 0. The van der Waals surface area contributed by atoms with Gasteiger partial charge in [0.1, 0.15) is 6.04 Å². The van der Waals surface area contributed by atoms with E-state index in [-0.39, 0.29) is 11.9 Å². The van der Waals surface area contributed by atoms with Gasteiger partial charge in [-0.25, -0.2) is 0 Å². The lowest BCUT2D eigenvalue weighted by Crippen LogP contribution is -2.30. The molecule has 1 aromatic carbocycles. The van der Waals surface area contributed by atoms with E-state index in [1.165, 1.54) is 0 Å². The summed E-state index contributed by atoms with van der Waals surface area (Å²) in [6, 6.07) is 10.1. The molecule has 0 radical (unpaired) electrons. The molecule has 0 aliphatic carbocycles. The van der Waals surface area contributed by atoms with Crippen LogP contribution in [0.5, 0.6) is 0 Å². The summed E-state index contributed by atoms with van der Waals surface area (Å²) in [6.07, 6.45) is 0. The zero-order valence-corrected chi connectivity index (χ0v) is 10.5. The molecule has 0 aromatic heterocycles. The SMILES string of the molecule is CC(C)CN1C[C@H]1C(=O)NCc1ccccc1. The number of nitrogens with zero attached hydrogens (tertiary/aromatic N) is 1. The van der Waals surface area contributed by atoms with E-state index >= 15 is 0 Å². The van der Waals surface area contributed by atoms with Crippen LogP contribution in [-0.4, -0.2) is 29.9 Å². The molecule has 1 amide bonds. The molecule has 1 N–H and O–H groups in total. The van der Waals surface area contributed by atoms with Gasteiger partial charge in [-0.05, 0) is 11.5 Å². The van der Waals surface area contributed by atoms with Gasteiger partial charge in [0.05, 0.1) is 0 Å². The smallest absolute Gasteiger partial charge is 0.238 e. The Labute approximate surface area is 103 Å². The summed E-state index contributed by atoms with van der Waals surface area (Å²) in [5.74, 6) is 0.788. The minimum absolute atomic E-state index is 0.112. The van der Waals surface area contributed by atoms with Crippen molar-refractivity contribution in [3.8, 4) is 0 Å². The van der Waals surface area contributed by atoms with E-state index in [0.717, 1.165) is 18.7 Å². The summed E-state index contributed by atoms with van der Waals surface area (Å²) in [5.41, 5.74) is 1.15. The van der Waals surface area contributed by atoms with Crippen molar-refractivity contribution in [2.24, 2.45) is 5.92 Å². The molecule has 1 aliphatic rings. The Morgan fingerprint density at radius 2 is 2.12 bits per heavy atom. The van der Waals surface area contributed by atoms with Crippen LogP contribution in [0.15, 0.2) is 30.3 Å². The lowest BCUT2D eigenvalue weighted by molar-refractivity contribution is -0.121. The van der Waals surface area contributed by atoms with Crippen LogP contribution < -0.4 is 5.32 Å². The first-order valence-corrected chi connectivity index (χ1v) is 6.22. The van der Waals surface area contributed by atoms with Crippen LogP contribution >= 0.6 is 0 Å². The molecule has 92 valence electrons. The highest BCUT2D eigenvalue weighted by molar-refractivity contribution is 5.84. The molecule has 1 heterocycles. The molecule has 1 fully saturated rings. The molecule has 1 unspecified atom stereocenters. The van der Waals surface area contributed by atoms with Gasteiger partial charge < -0.3 is 5.32 Å². The first-order valence-electron chi connectivity index (χ1n) is 6.22. The second-order valence-electron chi connectivity index (χ2n) is 5.07. The van der Waals surface area contributed by atoms with Crippen molar-refractivity contribution in [1.29, 1.82) is 0 Å². The number of hydrogen-bond acceptors (Lipinski definition) is 2. The molecule has 2 atom stereocenters. The Kier molecular flexibility index (Phi) is 3.79. The normalized spacial score (nSPS) is 22.5. The second kappa shape index (κ2) is 5.32. The Morgan fingerprint density at radius 3 is 2.76 bits per heavy atom. The van der Waals surface area contributed by atoms with Crippen molar-refractivity contribution in [2.75, 3.05) is 13.1 Å². The van der Waals surface area contributed by atoms with Gasteiger partial charge in [-0.1, -0.05) is 44.2 Å². The van der Waals surface area contributed by atoms with Crippen LogP contribution in [0.25, 0.3) is 0 Å². The second-order valence-corrected chi connectivity index (χ2v) is 5.07. The summed E-state index contributed by atoms with van der Waals surface area (Å²) in [4.78, 5) is 14.0. The minimum atomic E-state index is 0.112. The van der Waals surface area contributed by atoms with Crippen LogP contribution in [0.3, 0.4) is 0 Å². The fourth-order valence-electron chi connectivity index (χ4n) is 2.00. The van der Waals surface area contributed by atoms with Gasteiger partial charge in [0.25, 0.3) is 0 Å². The number of hydrogen-bond donors (Lipinski definition) is 1. The first-order chi connectivity index (χ1) is 8.16. The largest absolute Gasteiger partial charge is 0.351 e. The quantitative estimate of drug-likeness (QED) is 0.783. The van der Waals surface area contributed by atoms with E-state index in [1.54, 1.807) is 0 Å². The van der Waals surface area contributed by atoms with Crippen LogP contribution in [0.1, 0.15) is 19.4 Å². The van der Waals surface area contributed by atoms with E-state index in [4.69, 9.17) is 0 Å². The van der Waals surface area contributed by atoms with Gasteiger partial charge in [0.2, 0.25) is 5.91 Å². The lowest BCUT2D eigenvalue weighted by Gasteiger charge is -2.07. The standard InChI is InChI=1S/C14H20N2O/c1-11(2)9-16-10-13(16)14(17)15-8-12-6-4-3-5-7-12/h3-7,11,13H,8-10H2,1-2H3,(H,15,17)/t13-,16?/m0/s1.